The lowest BCUT2D eigenvalue weighted by atomic mass is 9.56. The number of carbonyl (C=O) groups is 2. The summed E-state index contributed by atoms with van der Waals surface area (Å²) in [5.74, 6) is -0.0307. The van der Waals surface area contributed by atoms with E-state index in [1.54, 1.807) is 22.8 Å². The van der Waals surface area contributed by atoms with Gasteiger partial charge in [-0.25, -0.2) is 0 Å². The Morgan fingerprint density at radius 2 is 1.96 bits per heavy atom. The Balaban J connectivity index is 0.00000144. The van der Waals surface area contributed by atoms with Crippen molar-refractivity contribution in [1.29, 1.82) is 0 Å². The van der Waals surface area contributed by atoms with Crippen LogP contribution >= 0.6 is 11.6 Å². The Hall–Kier alpha value is -4.49. The van der Waals surface area contributed by atoms with Gasteiger partial charge in [-0.05, 0) is 82.1 Å². The van der Waals surface area contributed by atoms with Crippen LogP contribution in [0.2, 0.25) is 5.02 Å². The molecule has 1 aromatic carbocycles. The molecule has 3 aromatic rings. The minimum absolute atomic E-state index is 0.0308. The fraction of sp³-hybridized carbons (Fsp3) is 0.432. The molecule has 7 rings (SSSR count). The Morgan fingerprint density at radius 1 is 1.20 bits per heavy atom. The van der Waals surface area contributed by atoms with Gasteiger partial charge in [-0.3, -0.25) is 14.4 Å². The smallest absolute Gasteiger partial charge is 0.377 e. The van der Waals surface area contributed by atoms with Crippen LogP contribution in [0.5, 0.6) is 0 Å². The number of rotatable bonds is 6. The first kappa shape index (κ1) is 36.3. The second-order valence-corrected chi connectivity index (χ2v) is 13.7. The molecule has 3 unspecified atom stereocenters. The second kappa shape index (κ2) is 14.3. The highest BCUT2D eigenvalue weighted by molar-refractivity contribution is 6.33. The number of allylic oxidation sites excluding steroid dienone is 2. The summed E-state index contributed by atoms with van der Waals surface area (Å²) < 4.78 is 48.0. The molecule has 0 radical (unpaired) electrons. The number of halogens is 4. The number of amides is 2. The van der Waals surface area contributed by atoms with E-state index in [4.69, 9.17) is 21.3 Å². The number of alkyl halides is 3. The number of benzene rings is 1. The molecule has 2 aliphatic carbocycles. The van der Waals surface area contributed by atoms with E-state index in [0.29, 0.717) is 68.1 Å². The van der Waals surface area contributed by atoms with Gasteiger partial charge in [-0.15, -0.1) is 11.7 Å². The zero-order valence-corrected chi connectivity index (χ0v) is 29.3. The van der Waals surface area contributed by atoms with Crippen LogP contribution in [0.1, 0.15) is 68.6 Å². The number of nitrogens with one attached hydrogen (secondary N) is 1. The first-order chi connectivity index (χ1) is 24.3. The zero-order valence-electron chi connectivity index (χ0n) is 28.6. The summed E-state index contributed by atoms with van der Waals surface area (Å²) >= 11 is 6.14. The topological polar surface area (TPSA) is 111 Å². The van der Waals surface area contributed by atoms with Crippen LogP contribution in [0.25, 0.3) is 11.4 Å². The molecular formula is C37H40ClF3N6O4. The molecule has 2 amide bonds. The monoisotopic (exact) mass is 724 g/mol. The average molecular weight is 725 g/mol. The van der Waals surface area contributed by atoms with Crippen molar-refractivity contribution in [3.8, 4) is 0 Å². The van der Waals surface area contributed by atoms with Gasteiger partial charge in [0.25, 0.3) is 11.5 Å². The maximum Gasteiger partial charge on any atom is 0.416 e. The van der Waals surface area contributed by atoms with E-state index in [1.165, 1.54) is 4.52 Å². The molecule has 4 aliphatic rings. The zero-order chi connectivity index (χ0) is 36.7. The molecule has 2 fully saturated rings. The number of carbonyl (C=O) groups excluding carboxylic acids is 2. The van der Waals surface area contributed by atoms with Crippen molar-refractivity contribution in [2.45, 2.75) is 76.6 Å². The number of anilines is 1. The SMILES string of the molecule is C=C(/C=C\C)C(=O)N1CCC2(CCc3c2c(=O)n2nc(C4=CCOCC4)nc2n3CC(=O)Nc2ccc(C(F)(F)F)cc2Cl)C2CCC21.C=CC. The normalized spacial score (nSPS) is 22.5. The Morgan fingerprint density at radius 3 is 2.59 bits per heavy atom. The number of hydrogen-bond donors (Lipinski definition) is 1. The van der Waals surface area contributed by atoms with Crippen LogP contribution in [-0.2, 0) is 38.9 Å². The Kier molecular flexibility index (Phi) is 10.2. The second-order valence-electron chi connectivity index (χ2n) is 13.2. The Bertz CT molecular complexity index is 2030. The first-order valence-corrected chi connectivity index (χ1v) is 17.4. The van der Waals surface area contributed by atoms with E-state index < -0.39 is 23.1 Å². The van der Waals surface area contributed by atoms with Gasteiger partial charge in [0.05, 0.1) is 29.5 Å². The predicted molar refractivity (Wildman–Crippen MR) is 188 cm³/mol. The molecule has 0 bridgehead atoms. The quantitative estimate of drug-likeness (QED) is 0.176. The number of nitrogens with zero attached hydrogens (tertiary/aromatic N) is 5. The summed E-state index contributed by atoms with van der Waals surface area (Å²) in [6.45, 7) is 12.1. The predicted octanol–water partition coefficient (Wildman–Crippen LogP) is 6.53. The third kappa shape index (κ3) is 6.57. The number of hydrogen-bond acceptors (Lipinski definition) is 6. The molecule has 270 valence electrons. The van der Waals surface area contributed by atoms with Crippen molar-refractivity contribution in [2.75, 3.05) is 25.1 Å². The van der Waals surface area contributed by atoms with Crippen LogP contribution in [0.15, 0.2) is 66.0 Å². The molecule has 51 heavy (non-hydrogen) atoms. The van der Waals surface area contributed by atoms with Gasteiger partial charge in [-0.1, -0.05) is 42.5 Å². The van der Waals surface area contributed by atoms with Crippen molar-refractivity contribution in [3.05, 3.63) is 99.3 Å². The Labute approximate surface area is 298 Å². The maximum absolute atomic E-state index is 14.5. The highest BCUT2D eigenvalue weighted by Crippen LogP contribution is 2.56. The van der Waals surface area contributed by atoms with Crippen LogP contribution < -0.4 is 10.9 Å². The van der Waals surface area contributed by atoms with E-state index in [0.717, 1.165) is 36.6 Å². The van der Waals surface area contributed by atoms with Gasteiger partial charge >= 0.3 is 6.18 Å². The fourth-order valence-electron chi connectivity index (χ4n) is 7.99. The van der Waals surface area contributed by atoms with Gasteiger partial charge in [-0.2, -0.15) is 22.7 Å². The lowest BCUT2D eigenvalue weighted by molar-refractivity contribution is -0.140. The van der Waals surface area contributed by atoms with Crippen LogP contribution in [0.3, 0.4) is 0 Å². The third-order valence-corrected chi connectivity index (χ3v) is 10.6. The van der Waals surface area contributed by atoms with Crippen molar-refractivity contribution >= 4 is 40.5 Å². The molecule has 1 saturated carbocycles. The molecule has 1 N–H and O–H groups in total. The molecular weight excluding hydrogens is 685 g/mol. The van der Waals surface area contributed by atoms with E-state index in [9.17, 15) is 27.6 Å². The molecule has 3 atom stereocenters. The number of aromatic nitrogens is 4. The highest BCUT2D eigenvalue weighted by Gasteiger charge is 2.58. The summed E-state index contributed by atoms with van der Waals surface area (Å²) in [4.78, 5) is 47.9. The highest BCUT2D eigenvalue weighted by atomic mass is 35.5. The van der Waals surface area contributed by atoms with Crippen molar-refractivity contribution in [3.63, 3.8) is 0 Å². The van der Waals surface area contributed by atoms with Crippen LogP contribution in [0.4, 0.5) is 18.9 Å². The van der Waals surface area contributed by atoms with E-state index in [2.05, 4.69) is 23.6 Å². The average Bonchev–Trinajstić information content (AvgIpc) is 3.69. The summed E-state index contributed by atoms with van der Waals surface area (Å²) in [5.41, 5.74) is 0.847. The van der Waals surface area contributed by atoms with Crippen molar-refractivity contribution in [2.24, 2.45) is 5.92 Å². The van der Waals surface area contributed by atoms with E-state index in [1.807, 2.05) is 24.8 Å². The molecule has 1 spiro atoms. The molecule has 2 aliphatic heterocycles. The molecule has 2 aromatic heterocycles. The summed E-state index contributed by atoms with van der Waals surface area (Å²) in [5, 5.41) is 7.03. The number of fused-ring (bicyclic) bond motifs is 5. The molecule has 4 heterocycles. The number of piperidine rings is 1. The number of ether oxygens (including phenoxy) is 1. The first-order valence-electron chi connectivity index (χ1n) is 17.0. The van der Waals surface area contributed by atoms with E-state index in [-0.39, 0.29) is 46.5 Å². The standard InChI is InChI=1S/C34H34ClF3N6O4.C3H6/c1-3-4-19(2)30(46)42-14-13-33(22-6-8-25(22)42)12-9-26-28(33)31(47)44-32(40-29(41-44)20-10-15-48-16-11-20)43(26)18-27(45)39-24-7-5-21(17-23(24)35)34(36,37)38;1-3-2/h3-5,7,10,17,22,25H,2,6,8-9,11-16,18H2,1H3,(H,39,45);3H,1H2,2H3/b4-3-;. The minimum atomic E-state index is -4.58. The fourth-order valence-corrected chi connectivity index (χ4v) is 8.21. The van der Waals surface area contributed by atoms with Crippen LogP contribution in [-0.4, -0.2) is 61.7 Å². The third-order valence-electron chi connectivity index (χ3n) is 10.3. The molecule has 1 saturated heterocycles. The van der Waals surface area contributed by atoms with E-state index >= 15 is 0 Å². The van der Waals surface area contributed by atoms with Gasteiger partial charge in [0.15, 0.2) is 5.82 Å². The molecule has 10 nitrogen and oxygen atoms in total. The minimum Gasteiger partial charge on any atom is -0.377 e. The maximum atomic E-state index is 14.5. The lowest BCUT2D eigenvalue weighted by Crippen LogP contribution is -2.63. The molecule has 14 heteroatoms. The largest absolute Gasteiger partial charge is 0.416 e. The van der Waals surface area contributed by atoms with Crippen LogP contribution in [0, 0.1) is 5.92 Å². The lowest BCUT2D eigenvalue weighted by Gasteiger charge is -2.57. The van der Waals surface area contributed by atoms with Gasteiger partial charge in [0.1, 0.15) is 6.54 Å². The van der Waals surface area contributed by atoms with Gasteiger partial charge in [0, 0.05) is 34.8 Å². The summed E-state index contributed by atoms with van der Waals surface area (Å²) in [6, 6.07) is 2.70. The van der Waals surface area contributed by atoms with Gasteiger partial charge < -0.3 is 19.5 Å². The summed E-state index contributed by atoms with van der Waals surface area (Å²) in [7, 11) is 0. The summed E-state index contributed by atoms with van der Waals surface area (Å²) in [6.07, 6.45) is 6.53. The van der Waals surface area contributed by atoms with Crippen molar-refractivity contribution in [1.82, 2.24) is 24.1 Å². The van der Waals surface area contributed by atoms with Crippen molar-refractivity contribution < 1.29 is 27.5 Å². The van der Waals surface area contributed by atoms with Gasteiger partial charge in [0.2, 0.25) is 11.7 Å². The number of likely N-dealkylation sites (tertiary alicyclic amines) is 1.